The predicted octanol–water partition coefficient (Wildman–Crippen LogP) is 2.03. The van der Waals surface area contributed by atoms with E-state index < -0.39 is 10.0 Å². The molecule has 2 rings (SSSR count). The Morgan fingerprint density at radius 2 is 2.10 bits per heavy atom. The van der Waals surface area contributed by atoms with Crippen LogP contribution in [0.1, 0.15) is 38.2 Å². The van der Waals surface area contributed by atoms with E-state index in [4.69, 9.17) is 4.74 Å². The smallest absolute Gasteiger partial charge is 0.244 e. The molecule has 2 N–H and O–H groups in total. The van der Waals surface area contributed by atoms with Crippen LogP contribution in [0.15, 0.2) is 23.1 Å². The molecule has 0 aliphatic heterocycles. The van der Waals surface area contributed by atoms with Gasteiger partial charge < -0.3 is 10.1 Å². The van der Waals surface area contributed by atoms with Crippen molar-refractivity contribution in [1.82, 2.24) is 10.0 Å². The van der Waals surface area contributed by atoms with E-state index in [0.29, 0.717) is 12.3 Å². The molecule has 21 heavy (non-hydrogen) atoms. The fourth-order valence-electron chi connectivity index (χ4n) is 2.26. The third-order valence-electron chi connectivity index (χ3n) is 3.70. The average Bonchev–Trinajstić information content (AvgIpc) is 2.43. The van der Waals surface area contributed by atoms with Gasteiger partial charge in [0.25, 0.3) is 0 Å². The Kier molecular flexibility index (Phi) is 5.61. The summed E-state index contributed by atoms with van der Waals surface area (Å²) in [5.41, 5.74) is 0.943. The SMILES string of the molecule is CCCNCc1ccc(OC)c(S(=O)(=O)NC2CCC2)c1. The number of nitrogens with one attached hydrogen (secondary N) is 2. The van der Waals surface area contributed by atoms with Crippen LogP contribution in [0, 0.1) is 0 Å². The van der Waals surface area contributed by atoms with Gasteiger partial charge in [-0.2, -0.15) is 0 Å². The van der Waals surface area contributed by atoms with Gasteiger partial charge in [0.1, 0.15) is 10.6 Å². The van der Waals surface area contributed by atoms with Gasteiger partial charge >= 0.3 is 0 Å². The van der Waals surface area contributed by atoms with Crippen molar-refractivity contribution in [2.75, 3.05) is 13.7 Å². The van der Waals surface area contributed by atoms with Gasteiger partial charge in [-0.25, -0.2) is 13.1 Å². The fourth-order valence-corrected chi connectivity index (χ4v) is 3.78. The summed E-state index contributed by atoms with van der Waals surface area (Å²) in [6.07, 6.45) is 3.97. The minimum absolute atomic E-state index is 0.0709. The van der Waals surface area contributed by atoms with E-state index in [1.54, 1.807) is 12.1 Å². The van der Waals surface area contributed by atoms with Gasteiger partial charge in [0.05, 0.1) is 7.11 Å². The quantitative estimate of drug-likeness (QED) is 0.721. The number of ether oxygens (including phenoxy) is 1. The van der Waals surface area contributed by atoms with E-state index >= 15 is 0 Å². The Balaban J connectivity index is 2.19. The maximum Gasteiger partial charge on any atom is 0.244 e. The Bertz CT molecular complexity index is 568. The molecular weight excluding hydrogens is 288 g/mol. The van der Waals surface area contributed by atoms with Crippen LogP contribution in [0.4, 0.5) is 0 Å². The Labute approximate surface area is 127 Å². The molecule has 1 aliphatic rings. The summed E-state index contributed by atoms with van der Waals surface area (Å²) in [6.45, 7) is 3.66. The molecule has 0 aromatic heterocycles. The second-order valence-electron chi connectivity index (χ2n) is 5.41. The van der Waals surface area contributed by atoms with E-state index in [2.05, 4.69) is 17.0 Å². The highest BCUT2D eigenvalue weighted by Gasteiger charge is 2.27. The highest BCUT2D eigenvalue weighted by molar-refractivity contribution is 7.89. The molecule has 0 spiro atoms. The Morgan fingerprint density at radius 3 is 2.67 bits per heavy atom. The van der Waals surface area contributed by atoms with E-state index in [-0.39, 0.29) is 10.9 Å². The lowest BCUT2D eigenvalue weighted by Crippen LogP contribution is -2.39. The topological polar surface area (TPSA) is 67.4 Å². The van der Waals surface area contributed by atoms with Crippen molar-refractivity contribution in [2.45, 2.75) is 50.1 Å². The molecule has 6 heteroatoms. The Hall–Kier alpha value is -1.11. The van der Waals surface area contributed by atoms with Gasteiger partial charge in [-0.3, -0.25) is 0 Å². The van der Waals surface area contributed by atoms with Crippen molar-refractivity contribution in [1.29, 1.82) is 0 Å². The van der Waals surface area contributed by atoms with Gasteiger partial charge in [0.2, 0.25) is 10.0 Å². The molecule has 1 aliphatic carbocycles. The maximum absolute atomic E-state index is 12.5. The van der Waals surface area contributed by atoms with Crippen LogP contribution in [0.25, 0.3) is 0 Å². The zero-order valence-electron chi connectivity index (χ0n) is 12.7. The standard InChI is InChI=1S/C15H24N2O3S/c1-3-9-16-11-12-7-8-14(20-2)15(10-12)21(18,19)17-13-5-4-6-13/h7-8,10,13,16-17H,3-6,9,11H2,1-2H3. The lowest BCUT2D eigenvalue weighted by molar-refractivity contribution is 0.379. The summed E-state index contributed by atoms with van der Waals surface area (Å²) < 4.78 is 32.9. The first kappa shape index (κ1) is 16.3. The molecule has 1 aromatic rings. The number of methoxy groups -OCH3 is 1. The molecule has 1 saturated carbocycles. The molecule has 0 atom stereocenters. The van der Waals surface area contributed by atoms with E-state index in [9.17, 15) is 8.42 Å². The molecule has 0 radical (unpaired) electrons. The molecule has 1 aromatic carbocycles. The van der Waals surface area contributed by atoms with E-state index in [1.807, 2.05) is 6.07 Å². The predicted molar refractivity (Wildman–Crippen MR) is 83.0 cm³/mol. The van der Waals surface area contributed by atoms with E-state index in [1.165, 1.54) is 7.11 Å². The summed E-state index contributed by atoms with van der Waals surface area (Å²) in [4.78, 5) is 0.229. The van der Waals surface area contributed by atoms with Crippen LogP contribution in [0.5, 0.6) is 5.75 Å². The minimum Gasteiger partial charge on any atom is -0.495 e. The van der Waals surface area contributed by atoms with Gasteiger partial charge in [0, 0.05) is 12.6 Å². The first-order chi connectivity index (χ1) is 10.1. The van der Waals surface area contributed by atoms with Crippen LogP contribution < -0.4 is 14.8 Å². The summed E-state index contributed by atoms with van der Waals surface area (Å²) in [6, 6.07) is 5.38. The highest BCUT2D eigenvalue weighted by atomic mass is 32.2. The normalized spacial score (nSPS) is 15.7. The molecular formula is C15H24N2O3S. The molecule has 5 nitrogen and oxygen atoms in total. The monoisotopic (exact) mass is 312 g/mol. The summed E-state index contributed by atoms with van der Waals surface area (Å²) in [5, 5.41) is 3.27. The lowest BCUT2D eigenvalue weighted by Gasteiger charge is -2.26. The van der Waals surface area contributed by atoms with Crippen LogP contribution in [0.2, 0.25) is 0 Å². The average molecular weight is 312 g/mol. The second kappa shape index (κ2) is 7.24. The largest absolute Gasteiger partial charge is 0.495 e. The van der Waals surface area contributed by atoms with Gasteiger partial charge in [0.15, 0.2) is 0 Å². The summed E-state index contributed by atoms with van der Waals surface area (Å²) in [7, 11) is -2.03. The molecule has 1 fully saturated rings. The van der Waals surface area contributed by atoms with Crippen molar-refractivity contribution in [3.8, 4) is 5.75 Å². The van der Waals surface area contributed by atoms with Crippen molar-refractivity contribution in [3.05, 3.63) is 23.8 Å². The number of sulfonamides is 1. The molecule has 0 amide bonds. The van der Waals surface area contributed by atoms with Crippen molar-refractivity contribution in [3.63, 3.8) is 0 Å². The molecule has 0 unspecified atom stereocenters. The number of benzene rings is 1. The minimum atomic E-state index is -3.52. The van der Waals surface area contributed by atoms with Crippen molar-refractivity contribution in [2.24, 2.45) is 0 Å². The molecule has 0 saturated heterocycles. The molecule has 0 heterocycles. The van der Waals surface area contributed by atoms with E-state index in [0.717, 1.165) is 37.8 Å². The Morgan fingerprint density at radius 1 is 1.33 bits per heavy atom. The number of hydrogen-bond acceptors (Lipinski definition) is 4. The van der Waals surface area contributed by atoms with Crippen molar-refractivity contribution < 1.29 is 13.2 Å². The lowest BCUT2D eigenvalue weighted by atomic mass is 9.94. The van der Waals surface area contributed by atoms with Crippen LogP contribution in [0.3, 0.4) is 0 Å². The van der Waals surface area contributed by atoms with Crippen LogP contribution in [-0.2, 0) is 16.6 Å². The third-order valence-corrected chi connectivity index (χ3v) is 5.24. The van der Waals surface area contributed by atoms with Gasteiger partial charge in [-0.15, -0.1) is 0 Å². The van der Waals surface area contributed by atoms with Crippen molar-refractivity contribution >= 4 is 10.0 Å². The van der Waals surface area contributed by atoms with Crippen LogP contribution >= 0.6 is 0 Å². The zero-order valence-corrected chi connectivity index (χ0v) is 13.5. The number of hydrogen-bond donors (Lipinski definition) is 2. The number of rotatable bonds is 8. The first-order valence-electron chi connectivity index (χ1n) is 7.46. The molecule has 118 valence electrons. The first-order valence-corrected chi connectivity index (χ1v) is 8.95. The highest BCUT2D eigenvalue weighted by Crippen LogP contribution is 2.27. The van der Waals surface area contributed by atoms with Gasteiger partial charge in [-0.05, 0) is 43.5 Å². The summed E-state index contributed by atoms with van der Waals surface area (Å²) >= 11 is 0. The fraction of sp³-hybridized carbons (Fsp3) is 0.600. The maximum atomic E-state index is 12.5. The van der Waals surface area contributed by atoms with Crippen LogP contribution in [-0.4, -0.2) is 28.1 Å². The summed E-state index contributed by atoms with van der Waals surface area (Å²) in [5.74, 6) is 0.390. The third kappa shape index (κ3) is 4.18. The zero-order chi connectivity index (χ0) is 15.3. The van der Waals surface area contributed by atoms with Gasteiger partial charge in [-0.1, -0.05) is 19.4 Å². The second-order valence-corrected chi connectivity index (χ2v) is 7.09. The molecule has 0 bridgehead atoms.